The van der Waals surface area contributed by atoms with E-state index in [0.717, 1.165) is 45.0 Å². The van der Waals surface area contributed by atoms with Gasteiger partial charge in [-0.05, 0) is 46.0 Å². The molecule has 2 rings (SSSR count). The standard InChI is InChI=1S/C17H30N4OS/c1-3-18-17(20-12-13-22-4-2)19-11-7-10-16-21-14-8-5-6-9-15(14)23-16/h3-13H2,1-2H3,(H2,18,19,20). The van der Waals surface area contributed by atoms with Crippen molar-refractivity contribution in [2.75, 3.05) is 32.8 Å². The zero-order valence-electron chi connectivity index (χ0n) is 14.5. The molecule has 5 nitrogen and oxygen atoms in total. The monoisotopic (exact) mass is 338 g/mol. The Morgan fingerprint density at radius 2 is 2.13 bits per heavy atom. The Hall–Kier alpha value is -1.14. The van der Waals surface area contributed by atoms with Crippen LogP contribution in [0.3, 0.4) is 0 Å². The maximum absolute atomic E-state index is 5.33. The van der Waals surface area contributed by atoms with Crippen molar-refractivity contribution in [3.8, 4) is 0 Å². The second-order valence-corrected chi connectivity index (χ2v) is 6.84. The molecule has 0 atom stereocenters. The molecule has 1 aliphatic carbocycles. The van der Waals surface area contributed by atoms with Crippen molar-refractivity contribution in [2.24, 2.45) is 4.99 Å². The minimum atomic E-state index is 0.714. The van der Waals surface area contributed by atoms with Gasteiger partial charge in [0.25, 0.3) is 0 Å². The Kier molecular flexibility index (Phi) is 8.39. The van der Waals surface area contributed by atoms with Crippen LogP contribution in [0.25, 0.3) is 0 Å². The number of aryl methyl sites for hydroxylation is 3. The molecule has 6 heteroatoms. The lowest BCUT2D eigenvalue weighted by molar-refractivity contribution is 0.152. The lowest BCUT2D eigenvalue weighted by Gasteiger charge is -2.10. The van der Waals surface area contributed by atoms with E-state index in [-0.39, 0.29) is 0 Å². The fraction of sp³-hybridized carbons (Fsp3) is 0.765. The summed E-state index contributed by atoms with van der Waals surface area (Å²) in [7, 11) is 0. The molecule has 0 aromatic carbocycles. The van der Waals surface area contributed by atoms with E-state index in [1.807, 2.05) is 18.3 Å². The van der Waals surface area contributed by atoms with Gasteiger partial charge in [0.15, 0.2) is 5.96 Å². The van der Waals surface area contributed by atoms with Gasteiger partial charge >= 0.3 is 0 Å². The van der Waals surface area contributed by atoms with Gasteiger partial charge in [0.2, 0.25) is 0 Å². The predicted molar refractivity (Wildman–Crippen MR) is 97.6 cm³/mol. The van der Waals surface area contributed by atoms with E-state index in [1.54, 1.807) is 0 Å². The maximum atomic E-state index is 5.33. The average Bonchev–Trinajstić information content (AvgIpc) is 2.98. The number of ether oxygens (including phenoxy) is 1. The molecule has 0 radical (unpaired) electrons. The van der Waals surface area contributed by atoms with Crippen molar-refractivity contribution in [1.29, 1.82) is 0 Å². The Morgan fingerprint density at radius 1 is 1.26 bits per heavy atom. The highest BCUT2D eigenvalue weighted by Gasteiger charge is 2.14. The highest BCUT2D eigenvalue weighted by Crippen LogP contribution is 2.27. The summed E-state index contributed by atoms with van der Waals surface area (Å²) in [6.07, 6.45) is 7.14. The van der Waals surface area contributed by atoms with E-state index in [1.165, 1.54) is 41.3 Å². The number of aromatic nitrogens is 1. The molecule has 0 spiro atoms. The lowest BCUT2D eigenvalue weighted by atomic mass is 10.0. The summed E-state index contributed by atoms with van der Waals surface area (Å²) in [5, 5.41) is 7.86. The molecule has 2 N–H and O–H groups in total. The molecule has 1 heterocycles. The van der Waals surface area contributed by atoms with E-state index in [2.05, 4.69) is 22.5 Å². The van der Waals surface area contributed by atoms with Gasteiger partial charge in [0.1, 0.15) is 0 Å². The normalized spacial score (nSPS) is 14.6. The zero-order valence-corrected chi connectivity index (χ0v) is 15.3. The van der Waals surface area contributed by atoms with Gasteiger partial charge < -0.3 is 15.4 Å². The number of fused-ring (bicyclic) bond motifs is 1. The molecule has 1 aromatic rings. The van der Waals surface area contributed by atoms with Crippen LogP contribution in [0.2, 0.25) is 0 Å². The number of hydrogen-bond acceptors (Lipinski definition) is 4. The van der Waals surface area contributed by atoms with Crippen LogP contribution in [0, 0.1) is 0 Å². The van der Waals surface area contributed by atoms with Gasteiger partial charge in [-0.1, -0.05) is 0 Å². The number of nitrogens with one attached hydrogen (secondary N) is 2. The fourth-order valence-corrected chi connectivity index (χ4v) is 3.86. The van der Waals surface area contributed by atoms with Crippen molar-refractivity contribution in [3.05, 3.63) is 15.6 Å². The second-order valence-electron chi connectivity index (χ2n) is 5.67. The first-order valence-corrected chi connectivity index (χ1v) is 9.72. The summed E-state index contributed by atoms with van der Waals surface area (Å²) in [5.41, 5.74) is 1.37. The number of thiazole rings is 1. The summed E-state index contributed by atoms with van der Waals surface area (Å²) >= 11 is 1.92. The van der Waals surface area contributed by atoms with Gasteiger partial charge in [-0.3, -0.25) is 4.99 Å². The second kappa shape index (κ2) is 10.6. The smallest absolute Gasteiger partial charge is 0.191 e. The van der Waals surface area contributed by atoms with Crippen LogP contribution >= 0.6 is 11.3 Å². The molecular weight excluding hydrogens is 308 g/mol. The Labute approximate surface area is 144 Å². The summed E-state index contributed by atoms with van der Waals surface area (Å²) in [6, 6.07) is 0. The SMILES string of the molecule is CCNC(=NCCCc1nc2c(s1)CCCC2)NCCOCC. The first kappa shape index (κ1) is 18.2. The molecule has 0 fully saturated rings. The third-order valence-electron chi connectivity index (χ3n) is 3.80. The van der Waals surface area contributed by atoms with E-state index < -0.39 is 0 Å². The number of hydrogen-bond donors (Lipinski definition) is 2. The summed E-state index contributed by atoms with van der Waals surface area (Å²) < 4.78 is 5.33. The Balaban J connectivity index is 1.71. The van der Waals surface area contributed by atoms with Crippen LogP contribution in [0.4, 0.5) is 0 Å². The molecule has 0 aliphatic heterocycles. The van der Waals surface area contributed by atoms with Gasteiger partial charge in [-0.15, -0.1) is 11.3 Å². The quantitative estimate of drug-likeness (QED) is 0.413. The largest absolute Gasteiger partial charge is 0.380 e. The number of rotatable bonds is 9. The van der Waals surface area contributed by atoms with Crippen LogP contribution in [0.5, 0.6) is 0 Å². The van der Waals surface area contributed by atoms with Crippen LogP contribution in [-0.2, 0) is 24.0 Å². The number of aliphatic imine (C=N–C) groups is 1. The summed E-state index contributed by atoms with van der Waals surface area (Å²) in [6.45, 7) is 8.06. The lowest BCUT2D eigenvalue weighted by Crippen LogP contribution is -2.39. The topological polar surface area (TPSA) is 58.5 Å². The number of guanidine groups is 1. The van der Waals surface area contributed by atoms with Crippen molar-refractivity contribution in [3.63, 3.8) is 0 Å². The molecule has 1 aromatic heterocycles. The van der Waals surface area contributed by atoms with E-state index in [9.17, 15) is 0 Å². The first-order chi connectivity index (χ1) is 11.3. The first-order valence-electron chi connectivity index (χ1n) is 8.90. The molecule has 0 bridgehead atoms. The van der Waals surface area contributed by atoms with Crippen molar-refractivity contribution < 1.29 is 4.74 Å². The van der Waals surface area contributed by atoms with E-state index in [0.29, 0.717) is 6.61 Å². The van der Waals surface area contributed by atoms with Crippen LogP contribution in [0.1, 0.15) is 48.7 Å². The van der Waals surface area contributed by atoms with Crippen LogP contribution in [-0.4, -0.2) is 43.8 Å². The Bertz CT molecular complexity index is 463. The maximum Gasteiger partial charge on any atom is 0.191 e. The molecule has 130 valence electrons. The van der Waals surface area contributed by atoms with E-state index in [4.69, 9.17) is 9.72 Å². The van der Waals surface area contributed by atoms with Gasteiger partial charge in [-0.25, -0.2) is 4.98 Å². The summed E-state index contributed by atoms with van der Waals surface area (Å²) in [4.78, 5) is 10.9. The molecule has 0 saturated carbocycles. The Morgan fingerprint density at radius 3 is 2.91 bits per heavy atom. The van der Waals surface area contributed by atoms with Crippen LogP contribution in [0.15, 0.2) is 4.99 Å². The highest BCUT2D eigenvalue weighted by molar-refractivity contribution is 7.11. The fourth-order valence-electron chi connectivity index (χ4n) is 2.66. The van der Waals surface area contributed by atoms with Crippen molar-refractivity contribution >= 4 is 17.3 Å². The van der Waals surface area contributed by atoms with Crippen LogP contribution < -0.4 is 10.6 Å². The van der Waals surface area contributed by atoms with Gasteiger partial charge in [0, 0.05) is 37.5 Å². The number of nitrogens with zero attached hydrogens (tertiary/aromatic N) is 2. The van der Waals surface area contributed by atoms with Crippen molar-refractivity contribution in [2.45, 2.75) is 52.4 Å². The molecule has 0 unspecified atom stereocenters. The minimum Gasteiger partial charge on any atom is -0.380 e. The third kappa shape index (κ3) is 6.47. The minimum absolute atomic E-state index is 0.714. The highest BCUT2D eigenvalue weighted by atomic mass is 32.1. The molecule has 0 saturated heterocycles. The predicted octanol–water partition coefficient (Wildman–Crippen LogP) is 2.55. The third-order valence-corrected chi connectivity index (χ3v) is 5.01. The molecule has 0 amide bonds. The van der Waals surface area contributed by atoms with Gasteiger partial charge in [-0.2, -0.15) is 0 Å². The molecule has 23 heavy (non-hydrogen) atoms. The van der Waals surface area contributed by atoms with Crippen molar-refractivity contribution in [1.82, 2.24) is 15.6 Å². The molecular formula is C17H30N4OS. The zero-order chi connectivity index (χ0) is 16.3. The molecule has 1 aliphatic rings. The summed E-state index contributed by atoms with van der Waals surface area (Å²) in [5.74, 6) is 0.880. The van der Waals surface area contributed by atoms with Gasteiger partial charge in [0.05, 0.1) is 17.3 Å². The average molecular weight is 339 g/mol. The van der Waals surface area contributed by atoms with E-state index >= 15 is 0 Å².